The second-order valence-electron chi connectivity index (χ2n) is 6.37. The molecule has 0 atom stereocenters. The van der Waals surface area contributed by atoms with Gasteiger partial charge in [0.05, 0.1) is 0 Å². The minimum absolute atomic E-state index is 0.113. The molecule has 0 fully saturated rings. The Morgan fingerprint density at radius 3 is 2.06 bits per heavy atom. The van der Waals surface area contributed by atoms with E-state index < -0.39 is 29.1 Å². The van der Waals surface area contributed by atoms with Gasteiger partial charge in [-0.25, -0.2) is 0 Å². The van der Waals surface area contributed by atoms with E-state index in [4.69, 9.17) is 18.6 Å². The lowest BCUT2D eigenvalue weighted by Crippen LogP contribution is -2.15. The van der Waals surface area contributed by atoms with E-state index in [1.165, 1.54) is 18.2 Å². The minimum Gasteiger partial charge on any atom is -0.508 e. The fraction of sp³-hybridized carbons (Fsp3) is 0.143. The van der Waals surface area contributed by atoms with Crippen molar-refractivity contribution < 1.29 is 43.2 Å². The number of phenolic OH excluding ortho intramolecular Hbond substituents is 2. The van der Waals surface area contributed by atoms with Gasteiger partial charge in [-0.2, -0.15) is 0 Å². The molecule has 0 unspecified atom stereocenters. The Bertz CT molecular complexity index is 1290. The molecule has 0 saturated carbocycles. The summed E-state index contributed by atoms with van der Waals surface area (Å²) in [6.07, 6.45) is 0. The molecule has 10 nitrogen and oxygen atoms in total. The van der Waals surface area contributed by atoms with E-state index in [-0.39, 0.29) is 45.3 Å². The second kappa shape index (κ2) is 8.19. The van der Waals surface area contributed by atoms with Gasteiger partial charge in [-0.05, 0) is 18.2 Å². The van der Waals surface area contributed by atoms with E-state index in [1.807, 2.05) is 0 Å². The molecule has 0 aliphatic heterocycles. The third kappa shape index (κ3) is 4.47. The first-order chi connectivity index (χ1) is 14.6. The zero-order chi connectivity index (χ0) is 22.9. The zero-order valence-corrected chi connectivity index (χ0v) is 16.5. The van der Waals surface area contributed by atoms with Crippen molar-refractivity contribution in [3.8, 4) is 40.1 Å². The van der Waals surface area contributed by atoms with Crippen molar-refractivity contribution in [3.63, 3.8) is 0 Å². The third-order valence-corrected chi connectivity index (χ3v) is 3.88. The van der Waals surface area contributed by atoms with Crippen LogP contribution in [0.2, 0.25) is 0 Å². The second-order valence-corrected chi connectivity index (χ2v) is 6.37. The third-order valence-electron chi connectivity index (χ3n) is 3.88. The van der Waals surface area contributed by atoms with Crippen LogP contribution < -0.4 is 19.6 Å². The van der Waals surface area contributed by atoms with Gasteiger partial charge >= 0.3 is 17.9 Å². The molecule has 0 radical (unpaired) electrons. The number of ether oxygens (including phenoxy) is 3. The molecule has 2 N–H and O–H groups in total. The number of fused-ring (bicyclic) bond motifs is 1. The molecule has 2 aromatic carbocycles. The molecule has 160 valence electrons. The highest BCUT2D eigenvalue weighted by molar-refractivity contribution is 5.91. The van der Waals surface area contributed by atoms with E-state index in [0.717, 1.165) is 32.9 Å². The molecule has 0 amide bonds. The van der Waals surface area contributed by atoms with Crippen molar-refractivity contribution in [2.24, 2.45) is 0 Å². The summed E-state index contributed by atoms with van der Waals surface area (Å²) in [5, 5.41) is 19.6. The summed E-state index contributed by atoms with van der Waals surface area (Å²) in [5.41, 5.74) is -0.916. The molecule has 1 aromatic heterocycles. The molecule has 3 aromatic rings. The fourth-order valence-corrected chi connectivity index (χ4v) is 2.81. The van der Waals surface area contributed by atoms with Gasteiger partial charge < -0.3 is 28.8 Å². The van der Waals surface area contributed by atoms with Crippen LogP contribution >= 0.6 is 0 Å². The molecule has 0 aliphatic rings. The Kier molecular flexibility index (Phi) is 5.64. The Hall–Kier alpha value is -4.34. The quantitative estimate of drug-likeness (QED) is 0.469. The molecular weight excluding hydrogens is 412 g/mol. The van der Waals surface area contributed by atoms with E-state index in [0.29, 0.717) is 0 Å². The van der Waals surface area contributed by atoms with E-state index in [2.05, 4.69) is 0 Å². The lowest BCUT2D eigenvalue weighted by atomic mass is 10.1. The number of hydrogen-bond acceptors (Lipinski definition) is 10. The van der Waals surface area contributed by atoms with Gasteiger partial charge in [0.15, 0.2) is 17.3 Å². The fourth-order valence-electron chi connectivity index (χ4n) is 2.81. The van der Waals surface area contributed by atoms with E-state index in [1.54, 1.807) is 0 Å². The van der Waals surface area contributed by atoms with Crippen LogP contribution in [0.1, 0.15) is 20.8 Å². The highest BCUT2D eigenvalue weighted by atomic mass is 16.6. The minimum atomic E-state index is -0.857. The van der Waals surface area contributed by atoms with Gasteiger partial charge in [0, 0.05) is 38.5 Å². The van der Waals surface area contributed by atoms with E-state index in [9.17, 15) is 29.4 Å². The van der Waals surface area contributed by atoms with Crippen LogP contribution in [0.15, 0.2) is 39.5 Å². The van der Waals surface area contributed by atoms with Crippen LogP contribution in [0, 0.1) is 0 Å². The summed E-state index contributed by atoms with van der Waals surface area (Å²) in [6, 6.07) is 5.86. The largest absolute Gasteiger partial charge is 0.508 e. The number of esters is 3. The van der Waals surface area contributed by atoms with Gasteiger partial charge in [0.1, 0.15) is 22.5 Å². The Balaban J connectivity index is 2.36. The number of hydrogen-bond donors (Lipinski definition) is 2. The van der Waals surface area contributed by atoms with Gasteiger partial charge in [-0.3, -0.25) is 19.2 Å². The lowest BCUT2D eigenvalue weighted by Gasteiger charge is -2.13. The standard InChI is InChI=1S/C21H16O10/c1-9(22)28-15-6-12(4-5-14(15)26)20-21(30-11(3)24)19(27)18-16(29-10(2)23)7-13(25)8-17(18)31-20/h4-8,25-26H,1-3H3. The van der Waals surface area contributed by atoms with Crippen LogP contribution in [0.5, 0.6) is 28.7 Å². The zero-order valence-electron chi connectivity index (χ0n) is 16.5. The number of carbonyl (C=O) groups excluding carboxylic acids is 3. The number of carbonyl (C=O) groups is 3. The molecule has 1 heterocycles. The number of benzene rings is 2. The normalized spacial score (nSPS) is 10.5. The summed E-state index contributed by atoms with van der Waals surface area (Å²) < 4.78 is 20.7. The monoisotopic (exact) mass is 428 g/mol. The maximum atomic E-state index is 13.2. The first-order valence-corrected chi connectivity index (χ1v) is 8.79. The van der Waals surface area contributed by atoms with Crippen LogP contribution in [-0.4, -0.2) is 28.1 Å². The molecular formula is C21H16O10. The van der Waals surface area contributed by atoms with Crippen LogP contribution in [0.3, 0.4) is 0 Å². The van der Waals surface area contributed by atoms with Crippen molar-refractivity contribution in [2.75, 3.05) is 0 Å². The summed E-state index contributed by atoms with van der Waals surface area (Å²) in [7, 11) is 0. The van der Waals surface area contributed by atoms with Gasteiger partial charge in [0.25, 0.3) is 0 Å². The van der Waals surface area contributed by atoms with Crippen molar-refractivity contribution in [3.05, 3.63) is 40.6 Å². The highest BCUT2D eigenvalue weighted by Crippen LogP contribution is 2.39. The van der Waals surface area contributed by atoms with Crippen molar-refractivity contribution in [2.45, 2.75) is 20.8 Å². The predicted molar refractivity (Wildman–Crippen MR) is 105 cm³/mol. The molecule has 0 bridgehead atoms. The summed E-state index contributed by atoms with van der Waals surface area (Å²) in [5.74, 6) is -4.30. The van der Waals surface area contributed by atoms with Crippen LogP contribution in [0.25, 0.3) is 22.3 Å². The SMILES string of the molecule is CC(=O)Oc1cc(-c2oc3cc(O)cc(OC(C)=O)c3c(=O)c2OC(C)=O)ccc1O. The lowest BCUT2D eigenvalue weighted by molar-refractivity contribution is -0.133. The Morgan fingerprint density at radius 2 is 1.45 bits per heavy atom. The number of phenols is 2. The smallest absolute Gasteiger partial charge is 0.308 e. The average Bonchev–Trinajstić information content (AvgIpc) is 2.64. The van der Waals surface area contributed by atoms with Gasteiger partial charge in [-0.1, -0.05) is 0 Å². The van der Waals surface area contributed by atoms with Crippen LogP contribution in [-0.2, 0) is 14.4 Å². The van der Waals surface area contributed by atoms with Crippen molar-refractivity contribution >= 4 is 28.9 Å². The Morgan fingerprint density at radius 1 is 0.839 bits per heavy atom. The molecule has 0 saturated heterocycles. The summed E-state index contributed by atoms with van der Waals surface area (Å²) in [6.45, 7) is 3.30. The van der Waals surface area contributed by atoms with Crippen molar-refractivity contribution in [1.82, 2.24) is 0 Å². The molecule has 3 rings (SSSR count). The Labute approximate surface area is 174 Å². The van der Waals surface area contributed by atoms with Crippen molar-refractivity contribution in [1.29, 1.82) is 0 Å². The van der Waals surface area contributed by atoms with Gasteiger partial charge in [-0.15, -0.1) is 0 Å². The van der Waals surface area contributed by atoms with Gasteiger partial charge in [0.2, 0.25) is 11.2 Å². The number of aromatic hydroxyl groups is 2. The maximum absolute atomic E-state index is 13.2. The topological polar surface area (TPSA) is 150 Å². The van der Waals surface area contributed by atoms with E-state index >= 15 is 0 Å². The molecule has 31 heavy (non-hydrogen) atoms. The highest BCUT2D eigenvalue weighted by Gasteiger charge is 2.24. The molecule has 10 heteroatoms. The number of rotatable bonds is 4. The first-order valence-electron chi connectivity index (χ1n) is 8.79. The predicted octanol–water partition coefficient (Wildman–Crippen LogP) is 2.65. The summed E-state index contributed by atoms with van der Waals surface area (Å²) in [4.78, 5) is 47.5. The maximum Gasteiger partial charge on any atom is 0.308 e. The van der Waals surface area contributed by atoms with Crippen LogP contribution in [0.4, 0.5) is 0 Å². The molecule has 0 spiro atoms. The average molecular weight is 428 g/mol. The first kappa shape index (κ1) is 21.4. The molecule has 0 aliphatic carbocycles. The summed E-state index contributed by atoms with van der Waals surface area (Å²) >= 11 is 0.